The Kier molecular flexibility index (Phi) is 5.05. The van der Waals surface area contributed by atoms with E-state index < -0.39 is 40.7 Å². The summed E-state index contributed by atoms with van der Waals surface area (Å²) in [6, 6.07) is 8.61. The molecule has 1 aliphatic heterocycles. The van der Waals surface area contributed by atoms with Gasteiger partial charge in [-0.1, -0.05) is 18.2 Å². The topological polar surface area (TPSA) is 40.6 Å². The van der Waals surface area contributed by atoms with Crippen molar-refractivity contribution in [1.82, 2.24) is 4.31 Å². The molecule has 1 saturated heterocycles. The van der Waals surface area contributed by atoms with Crippen LogP contribution in [0.15, 0.2) is 30.3 Å². The van der Waals surface area contributed by atoms with E-state index in [-0.39, 0.29) is 17.4 Å². The maximum absolute atomic E-state index is 13.6. The van der Waals surface area contributed by atoms with Gasteiger partial charge in [-0.05, 0) is 12.1 Å². The van der Waals surface area contributed by atoms with E-state index in [1.54, 1.807) is 35.2 Å². The van der Waals surface area contributed by atoms with Gasteiger partial charge in [0.2, 0.25) is 0 Å². The van der Waals surface area contributed by atoms with Crippen LogP contribution in [0.25, 0.3) is 0 Å². The predicted octanol–water partition coefficient (Wildman–Crippen LogP) is 2.63. The van der Waals surface area contributed by atoms with Gasteiger partial charge in [0, 0.05) is 31.9 Å². The molecule has 0 atom stereocenters. The molecule has 0 aromatic heterocycles. The van der Waals surface area contributed by atoms with Crippen LogP contribution < -0.4 is 4.90 Å². The normalized spacial score (nSPS) is 18.2. The summed E-state index contributed by atoms with van der Waals surface area (Å²) in [6.07, 6.45) is -4.80. The zero-order valence-electron chi connectivity index (χ0n) is 12.2. The third kappa shape index (κ3) is 3.06. The molecule has 136 valence electrons. The van der Waals surface area contributed by atoms with Gasteiger partial charge in [0.1, 0.15) is 0 Å². The summed E-state index contributed by atoms with van der Waals surface area (Å²) in [7, 11) is -5.93. The Morgan fingerprint density at radius 1 is 0.917 bits per heavy atom. The summed E-state index contributed by atoms with van der Waals surface area (Å²) in [6.45, 7) is -1.07. The van der Waals surface area contributed by atoms with Crippen LogP contribution in [0.5, 0.6) is 0 Å². The summed E-state index contributed by atoms with van der Waals surface area (Å²) in [5.74, 6) is -5.97. The molecule has 1 aromatic rings. The van der Waals surface area contributed by atoms with Gasteiger partial charge in [-0.15, -0.1) is 0 Å². The molecule has 1 fully saturated rings. The van der Waals surface area contributed by atoms with Crippen LogP contribution in [0, 0.1) is 0 Å². The Bertz CT molecular complexity index is 660. The maximum Gasteiger partial charge on any atom is 0.426 e. The summed E-state index contributed by atoms with van der Waals surface area (Å²) >= 11 is 0. The number of hydrogen-bond acceptors (Lipinski definition) is 3. The average molecular weight is 376 g/mol. The number of sulfonamides is 1. The molecule has 1 aliphatic rings. The van der Waals surface area contributed by atoms with E-state index in [4.69, 9.17) is 0 Å². The number of alkyl halides is 6. The second-order valence-electron chi connectivity index (χ2n) is 5.17. The van der Waals surface area contributed by atoms with Crippen molar-refractivity contribution >= 4 is 15.7 Å². The van der Waals surface area contributed by atoms with Crippen molar-refractivity contribution in [3.63, 3.8) is 0 Å². The van der Waals surface area contributed by atoms with E-state index in [1.165, 1.54) is 0 Å². The molecule has 0 radical (unpaired) electrons. The van der Waals surface area contributed by atoms with Crippen LogP contribution in [0.4, 0.5) is 32.0 Å². The molecule has 0 saturated carbocycles. The molecule has 2 rings (SSSR count). The third-order valence-corrected chi connectivity index (χ3v) is 5.65. The molecular weight excluding hydrogens is 362 g/mol. The van der Waals surface area contributed by atoms with Crippen LogP contribution in [0.1, 0.15) is 0 Å². The van der Waals surface area contributed by atoms with Crippen LogP contribution in [-0.2, 0) is 10.0 Å². The van der Waals surface area contributed by atoms with Gasteiger partial charge >= 0.3 is 17.6 Å². The fourth-order valence-corrected chi connectivity index (χ4v) is 3.69. The van der Waals surface area contributed by atoms with Crippen LogP contribution in [0.2, 0.25) is 0 Å². The van der Waals surface area contributed by atoms with Gasteiger partial charge in [-0.25, -0.2) is 17.2 Å². The minimum absolute atomic E-state index is 0.0282. The lowest BCUT2D eigenvalue weighted by atomic mass is 10.2. The molecule has 24 heavy (non-hydrogen) atoms. The Morgan fingerprint density at radius 3 is 1.88 bits per heavy atom. The molecular formula is C13H14F6N2O2S. The maximum atomic E-state index is 13.6. The van der Waals surface area contributed by atoms with E-state index >= 15 is 0 Å². The minimum Gasteiger partial charge on any atom is -0.369 e. The third-order valence-electron chi connectivity index (χ3n) is 3.69. The number of halogens is 6. The number of rotatable bonds is 5. The molecule has 0 spiro atoms. The first-order valence-corrected chi connectivity index (χ1v) is 8.29. The first-order valence-electron chi connectivity index (χ1n) is 6.85. The summed E-state index contributed by atoms with van der Waals surface area (Å²) < 4.78 is 101. The molecule has 1 aromatic carbocycles. The summed E-state index contributed by atoms with van der Waals surface area (Å²) in [4.78, 5) is 1.68. The van der Waals surface area contributed by atoms with Crippen molar-refractivity contribution in [3.8, 4) is 0 Å². The molecule has 0 aliphatic carbocycles. The largest absolute Gasteiger partial charge is 0.426 e. The van der Waals surface area contributed by atoms with Gasteiger partial charge < -0.3 is 4.90 Å². The molecule has 11 heteroatoms. The number of hydrogen-bond donors (Lipinski definition) is 0. The van der Waals surface area contributed by atoms with Crippen molar-refractivity contribution < 1.29 is 34.8 Å². The van der Waals surface area contributed by atoms with Crippen molar-refractivity contribution in [2.45, 2.75) is 17.6 Å². The lowest BCUT2D eigenvalue weighted by molar-refractivity contribution is -0.226. The van der Waals surface area contributed by atoms with Gasteiger partial charge in [0.15, 0.2) is 0 Å². The highest BCUT2D eigenvalue weighted by molar-refractivity contribution is 7.90. The molecule has 1 heterocycles. The number of nitrogens with zero attached hydrogens (tertiary/aromatic N) is 2. The van der Waals surface area contributed by atoms with Crippen molar-refractivity contribution in [2.75, 3.05) is 31.1 Å². The van der Waals surface area contributed by atoms with E-state index in [0.29, 0.717) is 5.69 Å². The van der Waals surface area contributed by atoms with Crippen molar-refractivity contribution in [1.29, 1.82) is 0 Å². The monoisotopic (exact) mass is 376 g/mol. The Morgan fingerprint density at radius 2 is 1.42 bits per heavy atom. The van der Waals surface area contributed by atoms with Crippen LogP contribution >= 0.6 is 0 Å². The standard InChI is InChI=1S/C13H14F6N2O2S/c14-11(15)12(16,17)13(18,19)24(22,23)21-8-6-20(7-9-21)10-4-2-1-3-5-10/h1-5,11H,6-9H2. The number of para-hydroxylation sites is 1. The lowest BCUT2D eigenvalue weighted by Gasteiger charge is -2.37. The number of benzene rings is 1. The highest BCUT2D eigenvalue weighted by Gasteiger charge is 2.72. The second kappa shape index (κ2) is 6.43. The first-order chi connectivity index (χ1) is 11.0. The molecule has 0 unspecified atom stereocenters. The van der Waals surface area contributed by atoms with E-state index in [1.807, 2.05) is 0 Å². The van der Waals surface area contributed by atoms with E-state index in [2.05, 4.69) is 0 Å². The fraction of sp³-hybridized carbons (Fsp3) is 0.538. The highest BCUT2D eigenvalue weighted by Crippen LogP contribution is 2.44. The molecule has 0 N–H and O–H groups in total. The molecule has 0 amide bonds. The average Bonchev–Trinajstić information content (AvgIpc) is 2.55. The summed E-state index contributed by atoms with van der Waals surface area (Å²) in [5.41, 5.74) is 0.708. The first kappa shape index (κ1) is 18.8. The molecule has 0 bridgehead atoms. The highest BCUT2D eigenvalue weighted by atomic mass is 32.2. The van der Waals surface area contributed by atoms with Gasteiger partial charge in [-0.3, -0.25) is 0 Å². The van der Waals surface area contributed by atoms with Crippen molar-refractivity contribution in [2.24, 2.45) is 0 Å². The second-order valence-corrected chi connectivity index (χ2v) is 7.15. The van der Waals surface area contributed by atoms with Gasteiger partial charge in [-0.2, -0.15) is 21.9 Å². The van der Waals surface area contributed by atoms with Gasteiger partial charge in [0.25, 0.3) is 10.0 Å². The summed E-state index contributed by atoms with van der Waals surface area (Å²) in [5, 5.41) is -5.89. The predicted molar refractivity (Wildman–Crippen MR) is 75.0 cm³/mol. The Balaban J connectivity index is 2.15. The van der Waals surface area contributed by atoms with E-state index in [9.17, 15) is 34.8 Å². The van der Waals surface area contributed by atoms with Crippen LogP contribution in [-0.4, -0.2) is 56.5 Å². The number of piperazine rings is 1. The fourth-order valence-electron chi connectivity index (χ4n) is 2.29. The smallest absolute Gasteiger partial charge is 0.369 e. The van der Waals surface area contributed by atoms with Crippen molar-refractivity contribution in [3.05, 3.63) is 30.3 Å². The van der Waals surface area contributed by atoms with Crippen LogP contribution in [0.3, 0.4) is 0 Å². The zero-order valence-corrected chi connectivity index (χ0v) is 13.0. The SMILES string of the molecule is O=S(=O)(N1CCN(c2ccccc2)CC1)C(F)(F)C(F)(F)C(F)F. The number of anilines is 1. The van der Waals surface area contributed by atoms with Gasteiger partial charge in [0.05, 0.1) is 0 Å². The minimum atomic E-state index is -5.97. The Labute approximate surface area is 134 Å². The zero-order chi connectivity index (χ0) is 18.2. The lowest BCUT2D eigenvalue weighted by Crippen LogP contribution is -2.59. The Hall–Kier alpha value is -1.49. The quantitative estimate of drug-likeness (QED) is 0.742. The van der Waals surface area contributed by atoms with E-state index in [0.717, 1.165) is 0 Å². The molecule has 4 nitrogen and oxygen atoms in total.